The third kappa shape index (κ3) is 4.02. The topological polar surface area (TPSA) is 15.6 Å². The number of nitrogens with zero attached hydrogens (tertiary/aromatic N) is 2. The maximum atomic E-state index is 4.35. The Balaban J connectivity index is 0.000000461. The molecule has 11 heavy (non-hydrogen) atoms. The van der Waals surface area contributed by atoms with E-state index >= 15 is 0 Å². The molecule has 2 heteroatoms. The van der Waals surface area contributed by atoms with E-state index in [0.717, 1.165) is 6.54 Å². The van der Waals surface area contributed by atoms with Crippen LogP contribution in [0, 0.1) is 0 Å². The Labute approximate surface area is 70.3 Å². The van der Waals surface area contributed by atoms with Crippen LogP contribution in [0.4, 0.5) is 0 Å². The zero-order chi connectivity index (χ0) is 8.69. The maximum Gasteiger partial charge on any atom is 0.0954 e. The molecule has 0 saturated carbocycles. The van der Waals surface area contributed by atoms with Gasteiger partial charge >= 0.3 is 0 Å². The predicted molar refractivity (Wildman–Crippen MR) is 51.2 cm³/mol. The van der Waals surface area contributed by atoms with Crippen LogP contribution >= 0.6 is 0 Å². The summed E-state index contributed by atoms with van der Waals surface area (Å²) in [6.45, 7) is 8.27. The summed E-state index contributed by atoms with van der Waals surface area (Å²) in [5.74, 6) is 1.19. The normalized spacial score (nSPS) is 17.8. The smallest absolute Gasteiger partial charge is 0.0954 e. The Morgan fingerprint density at radius 3 is 2.55 bits per heavy atom. The van der Waals surface area contributed by atoms with Crippen molar-refractivity contribution in [3.8, 4) is 0 Å². The fourth-order valence-corrected chi connectivity index (χ4v) is 0.984. The van der Waals surface area contributed by atoms with Crippen LogP contribution in [0.1, 0.15) is 33.6 Å². The molecule has 0 saturated heterocycles. The number of hydrogen-bond acceptors (Lipinski definition) is 2. The van der Waals surface area contributed by atoms with Crippen LogP contribution < -0.4 is 0 Å². The van der Waals surface area contributed by atoms with Crippen molar-refractivity contribution in [3.05, 3.63) is 0 Å². The molecule has 0 bridgehead atoms. The van der Waals surface area contributed by atoms with E-state index in [1.54, 1.807) is 0 Å². The first-order valence-corrected chi connectivity index (χ1v) is 4.53. The van der Waals surface area contributed by atoms with Crippen LogP contribution in [-0.4, -0.2) is 30.9 Å². The molecule has 2 nitrogen and oxygen atoms in total. The summed E-state index contributed by atoms with van der Waals surface area (Å²) in [7, 11) is 2.10. The van der Waals surface area contributed by atoms with Crippen molar-refractivity contribution in [2.45, 2.75) is 33.6 Å². The molecule has 1 heterocycles. The average molecular weight is 156 g/mol. The molecule has 66 valence electrons. The highest BCUT2D eigenvalue weighted by atomic mass is 15.2. The lowest BCUT2D eigenvalue weighted by atomic mass is 10.3. The lowest BCUT2D eigenvalue weighted by Gasteiger charge is -2.14. The van der Waals surface area contributed by atoms with Gasteiger partial charge in [0.1, 0.15) is 0 Å². The molecular formula is C9H20N2. The molecule has 0 aliphatic carbocycles. The highest BCUT2D eigenvalue weighted by Crippen LogP contribution is 2.00. The number of amidine groups is 1. The van der Waals surface area contributed by atoms with Crippen molar-refractivity contribution in [1.82, 2.24) is 4.90 Å². The van der Waals surface area contributed by atoms with E-state index in [4.69, 9.17) is 0 Å². The van der Waals surface area contributed by atoms with Crippen molar-refractivity contribution in [2.24, 2.45) is 4.99 Å². The molecule has 0 aromatic heterocycles. The number of hydrogen-bond donors (Lipinski definition) is 0. The van der Waals surface area contributed by atoms with E-state index in [2.05, 4.69) is 23.9 Å². The van der Waals surface area contributed by atoms with Crippen LogP contribution in [0.25, 0.3) is 0 Å². The largest absolute Gasteiger partial charge is 0.364 e. The minimum absolute atomic E-state index is 1.02. The third-order valence-corrected chi connectivity index (χ3v) is 1.79. The third-order valence-electron chi connectivity index (χ3n) is 1.79. The molecule has 0 atom stereocenters. The zero-order valence-electron chi connectivity index (χ0n) is 8.22. The molecule has 0 unspecified atom stereocenters. The first kappa shape index (κ1) is 10.5. The fraction of sp³-hybridized carbons (Fsp3) is 0.889. The second-order valence-electron chi connectivity index (χ2n) is 2.56. The van der Waals surface area contributed by atoms with Crippen LogP contribution in [0.3, 0.4) is 0 Å². The van der Waals surface area contributed by atoms with E-state index in [9.17, 15) is 0 Å². The summed E-state index contributed by atoms with van der Waals surface area (Å²) in [5, 5.41) is 0. The van der Waals surface area contributed by atoms with Crippen molar-refractivity contribution in [2.75, 3.05) is 20.1 Å². The van der Waals surface area contributed by atoms with E-state index in [0.29, 0.717) is 0 Å². The van der Waals surface area contributed by atoms with E-state index in [-0.39, 0.29) is 0 Å². The van der Waals surface area contributed by atoms with Gasteiger partial charge in [0.15, 0.2) is 0 Å². The van der Waals surface area contributed by atoms with Crippen LogP contribution in [-0.2, 0) is 0 Å². The van der Waals surface area contributed by atoms with Crippen LogP contribution in [0.15, 0.2) is 4.99 Å². The van der Waals surface area contributed by atoms with Crippen molar-refractivity contribution < 1.29 is 0 Å². The standard InChI is InChI=1S/C7H14N2.C2H6/c1-7-8-5-3-4-6-9(7)2;1-2/h3-6H2,1-2H3;1-2H3. The molecule has 0 amide bonds. The molecule has 1 aliphatic rings. The predicted octanol–water partition coefficient (Wildman–Crippen LogP) is 2.16. The fourth-order valence-electron chi connectivity index (χ4n) is 0.984. The quantitative estimate of drug-likeness (QED) is 0.524. The summed E-state index contributed by atoms with van der Waals surface area (Å²) in [6, 6.07) is 0. The number of aliphatic imine (C=N–C) groups is 1. The van der Waals surface area contributed by atoms with Crippen molar-refractivity contribution >= 4 is 5.84 Å². The van der Waals surface area contributed by atoms with Gasteiger partial charge in [-0.2, -0.15) is 0 Å². The van der Waals surface area contributed by atoms with E-state index < -0.39 is 0 Å². The maximum absolute atomic E-state index is 4.35. The van der Waals surface area contributed by atoms with Crippen LogP contribution in [0.2, 0.25) is 0 Å². The first-order valence-electron chi connectivity index (χ1n) is 4.53. The Hall–Kier alpha value is -0.530. The summed E-state index contributed by atoms with van der Waals surface area (Å²) in [6.07, 6.45) is 2.54. The SMILES string of the molecule is CC.CC1=NCCCCN1C. The number of rotatable bonds is 0. The van der Waals surface area contributed by atoms with Gasteiger partial charge < -0.3 is 4.90 Å². The molecule has 0 fully saturated rings. The van der Waals surface area contributed by atoms with Crippen molar-refractivity contribution in [1.29, 1.82) is 0 Å². The summed E-state index contributed by atoms with van der Waals surface area (Å²) in [5.41, 5.74) is 0. The summed E-state index contributed by atoms with van der Waals surface area (Å²) < 4.78 is 0. The molecule has 0 spiro atoms. The average Bonchev–Trinajstić information content (AvgIpc) is 2.22. The Morgan fingerprint density at radius 1 is 1.27 bits per heavy atom. The Kier molecular flexibility index (Phi) is 5.90. The molecule has 1 rings (SSSR count). The second kappa shape index (κ2) is 6.20. The molecule has 0 N–H and O–H groups in total. The minimum atomic E-state index is 1.02. The van der Waals surface area contributed by atoms with Gasteiger partial charge in [0.2, 0.25) is 0 Å². The van der Waals surface area contributed by atoms with Gasteiger partial charge in [-0.3, -0.25) is 4.99 Å². The lowest BCUT2D eigenvalue weighted by molar-refractivity contribution is 0.494. The van der Waals surface area contributed by atoms with Gasteiger partial charge in [-0.15, -0.1) is 0 Å². The van der Waals surface area contributed by atoms with Crippen LogP contribution in [0.5, 0.6) is 0 Å². The van der Waals surface area contributed by atoms with Gasteiger partial charge in [-0.1, -0.05) is 13.8 Å². The molecule has 1 aliphatic heterocycles. The highest BCUT2D eigenvalue weighted by molar-refractivity contribution is 5.79. The second-order valence-corrected chi connectivity index (χ2v) is 2.56. The molecule has 0 aromatic carbocycles. The van der Waals surface area contributed by atoms with E-state index in [1.807, 2.05) is 13.8 Å². The highest BCUT2D eigenvalue weighted by Gasteiger charge is 2.02. The van der Waals surface area contributed by atoms with Gasteiger partial charge in [0, 0.05) is 20.1 Å². The van der Waals surface area contributed by atoms with Gasteiger partial charge in [0.25, 0.3) is 0 Å². The van der Waals surface area contributed by atoms with E-state index in [1.165, 1.54) is 25.2 Å². The first-order chi connectivity index (χ1) is 5.30. The summed E-state index contributed by atoms with van der Waals surface area (Å²) >= 11 is 0. The lowest BCUT2D eigenvalue weighted by Crippen LogP contribution is -2.23. The minimum Gasteiger partial charge on any atom is -0.364 e. The molecule has 0 aromatic rings. The Morgan fingerprint density at radius 2 is 1.91 bits per heavy atom. The summed E-state index contributed by atoms with van der Waals surface area (Å²) in [4.78, 5) is 6.56. The Bertz CT molecular complexity index is 119. The monoisotopic (exact) mass is 156 g/mol. The molecular weight excluding hydrogens is 136 g/mol. The van der Waals surface area contributed by atoms with Gasteiger partial charge in [0.05, 0.1) is 5.84 Å². The zero-order valence-corrected chi connectivity index (χ0v) is 8.22. The van der Waals surface area contributed by atoms with Gasteiger partial charge in [-0.05, 0) is 19.8 Å². The molecule has 0 radical (unpaired) electrons. The van der Waals surface area contributed by atoms with Gasteiger partial charge in [-0.25, -0.2) is 0 Å². The van der Waals surface area contributed by atoms with Crippen molar-refractivity contribution in [3.63, 3.8) is 0 Å².